The number of rotatable bonds is 8. The van der Waals surface area contributed by atoms with Gasteiger partial charge >= 0.3 is 5.97 Å². The van der Waals surface area contributed by atoms with Crippen molar-refractivity contribution in [2.45, 2.75) is 19.6 Å². The normalized spacial score (nSPS) is 14.8. The number of esters is 1. The molecule has 0 spiro atoms. The van der Waals surface area contributed by atoms with Crippen LogP contribution in [0.3, 0.4) is 0 Å². The number of fused-ring (bicyclic) bond motifs is 1. The van der Waals surface area contributed by atoms with Gasteiger partial charge in [0.15, 0.2) is 11.5 Å². The van der Waals surface area contributed by atoms with E-state index < -0.39 is 12.0 Å². The van der Waals surface area contributed by atoms with E-state index in [4.69, 9.17) is 25.8 Å². The molecule has 1 aromatic heterocycles. The van der Waals surface area contributed by atoms with Gasteiger partial charge in [0.2, 0.25) is 5.95 Å². The van der Waals surface area contributed by atoms with Crippen molar-refractivity contribution in [1.82, 2.24) is 14.8 Å². The van der Waals surface area contributed by atoms with Crippen LogP contribution in [0, 0.1) is 0 Å². The Morgan fingerprint density at radius 2 is 2.15 bits per heavy atom. The number of methoxy groups -OCH3 is 1. The maximum atomic E-state index is 13.0. The molecule has 0 fully saturated rings. The third-order valence-corrected chi connectivity index (χ3v) is 6.20. The maximum absolute atomic E-state index is 13.0. The summed E-state index contributed by atoms with van der Waals surface area (Å²) in [5.41, 5.74) is 2.60. The fraction of sp³-hybridized carbons (Fsp3) is 0.208. The van der Waals surface area contributed by atoms with Crippen LogP contribution in [-0.2, 0) is 16.1 Å². The standard InChI is InChI=1S/C24H22BrClN4O4/c1-4-9-33-23(31)20-14(2)29-24-27-13-28-30(24)21(20)16-10-17(25)22(19(11-16)32-3)34-12-15-7-5-6-8-18(15)26/h4-8,10-11,13,21H,1,9,12H2,2-3H3,(H,27,28,29). The first-order valence-corrected chi connectivity index (χ1v) is 11.5. The monoisotopic (exact) mass is 544 g/mol. The molecule has 8 nitrogen and oxygen atoms in total. The third-order valence-electron chi connectivity index (χ3n) is 5.24. The number of nitrogens with zero attached hydrogens (tertiary/aromatic N) is 3. The molecular formula is C24H22BrClN4O4. The van der Waals surface area contributed by atoms with Crippen LogP contribution >= 0.6 is 27.5 Å². The Hall–Kier alpha value is -3.30. The van der Waals surface area contributed by atoms with Gasteiger partial charge in [-0.1, -0.05) is 42.5 Å². The molecule has 0 saturated carbocycles. The molecule has 10 heteroatoms. The Balaban J connectivity index is 1.73. The number of ether oxygens (including phenoxy) is 3. The van der Waals surface area contributed by atoms with Gasteiger partial charge in [0, 0.05) is 16.3 Å². The van der Waals surface area contributed by atoms with Crippen LogP contribution < -0.4 is 14.8 Å². The lowest BCUT2D eigenvalue weighted by Gasteiger charge is -2.28. The Morgan fingerprint density at radius 1 is 1.35 bits per heavy atom. The maximum Gasteiger partial charge on any atom is 0.338 e. The Labute approximate surface area is 210 Å². The number of carbonyl (C=O) groups excluding carboxylic acids is 1. The molecule has 3 aromatic rings. The summed E-state index contributed by atoms with van der Waals surface area (Å²) in [4.78, 5) is 17.2. The molecule has 0 aliphatic carbocycles. The number of aromatic nitrogens is 3. The van der Waals surface area contributed by atoms with Crippen molar-refractivity contribution in [3.63, 3.8) is 0 Å². The molecule has 0 bridgehead atoms. The second kappa shape index (κ2) is 10.3. The van der Waals surface area contributed by atoms with Crippen LogP contribution in [0.25, 0.3) is 0 Å². The van der Waals surface area contributed by atoms with E-state index in [0.717, 1.165) is 11.1 Å². The summed E-state index contributed by atoms with van der Waals surface area (Å²) in [6.45, 7) is 5.75. The van der Waals surface area contributed by atoms with Gasteiger partial charge in [0.25, 0.3) is 0 Å². The van der Waals surface area contributed by atoms with Gasteiger partial charge in [-0.3, -0.25) is 0 Å². The van der Waals surface area contributed by atoms with E-state index in [9.17, 15) is 4.79 Å². The molecule has 1 aliphatic rings. The zero-order chi connectivity index (χ0) is 24.2. The molecular weight excluding hydrogens is 524 g/mol. The first-order chi connectivity index (χ1) is 16.4. The number of allylic oxidation sites excluding steroid dienone is 1. The summed E-state index contributed by atoms with van der Waals surface area (Å²) in [5, 5.41) is 8.06. The fourth-order valence-electron chi connectivity index (χ4n) is 3.68. The molecule has 0 radical (unpaired) electrons. The van der Waals surface area contributed by atoms with Crippen LogP contribution in [0.15, 0.2) is 71.1 Å². The lowest BCUT2D eigenvalue weighted by molar-refractivity contribution is -0.138. The molecule has 2 aromatic carbocycles. The lowest BCUT2D eigenvalue weighted by atomic mass is 9.95. The van der Waals surface area contributed by atoms with Crippen LogP contribution in [0.4, 0.5) is 5.95 Å². The number of benzene rings is 2. The van der Waals surface area contributed by atoms with Gasteiger partial charge in [-0.15, -0.1) is 0 Å². The molecule has 0 amide bonds. The minimum Gasteiger partial charge on any atom is -0.493 e. The summed E-state index contributed by atoms with van der Waals surface area (Å²) in [7, 11) is 1.55. The number of hydrogen-bond donors (Lipinski definition) is 1. The van der Waals surface area contributed by atoms with Crippen LogP contribution in [0.5, 0.6) is 11.5 Å². The molecule has 1 N–H and O–H groups in total. The average Bonchev–Trinajstić information content (AvgIpc) is 3.29. The van der Waals surface area contributed by atoms with Crippen LogP contribution in [-0.4, -0.2) is 34.5 Å². The molecule has 1 atom stereocenters. The lowest BCUT2D eigenvalue weighted by Crippen LogP contribution is -2.29. The largest absolute Gasteiger partial charge is 0.493 e. The van der Waals surface area contributed by atoms with Crippen LogP contribution in [0.2, 0.25) is 5.02 Å². The number of halogens is 2. The van der Waals surface area contributed by atoms with Crippen molar-refractivity contribution in [2.75, 3.05) is 19.0 Å². The van der Waals surface area contributed by atoms with E-state index >= 15 is 0 Å². The van der Waals surface area contributed by atoms with Crippen molar-refractivity contribution in [3.8, 4) is 11.5 Å². The van der Waals surface area contributed by atoms with E-state index in [1.807, 2.05) is 36.4 Å². The molecule has 1 unspecified atom stereocenters. The summed E-state index contributed by atoms with van der Waals surface area (Å²) < 4.78 is 19.3. The minimum atomic E-state index is -0.598. The zero-order valence-corrected chi connectivity index (χ0v) is 20.9. The molecule has 176 valence electrons. The highest BCUT2D eigenvalue weighted by molar-refractivity contribution is 9.10. The highest BCUT2D eigenvalue weighted by atomic mass is 79.9. The molecule has 1 aliphatic heterocycles. The third kappa shape index (κ3) is 4.67. The summed E-state index contributed by atoms with van der Waals surface area (Å²) in [6, 6.07) is 10.5. The molecule has 0 saturated heterocycles. The first-order valence-electron chi connectivity index (χ1n) is 10.3. The van der Waals surface area contributed by atoms with Gasteiger partial charge in [-0.05, 0) is 46.6 Å². The second-order valence-corrected chi connectivity index (χ2v) is 8.66. The van der Waals surface area contributed by atoms with Crippen molar-refractivity contribution < 1.29 is 19.0 Å². The van der Waals surface area contributed by atoms with Gasteiger partial charge < -0.3 is 19.5 Å². The van der Waals surface area contributed by atoms with Crippen molar-refractivity contribution >= 4 is 39.4 Å². The fourth-order valence-corrected chi connectivity index (χ4v) is 4.44. The van der Waals surface area contributed by atoms with Gasteiger partial charge in [-0.25, -0.2) is 9.48 Å². The summed E-state index contributed by atoms with van der Waals surface area (Å²) in [6.07, 6.45) is 2.94. The molecule has 4 rings (SSSR count). The minimum absolute atomic E-state index is 0.0917. The smallest absolute Gasteiger partial charge is 0.338 e. The number of nitrogens with one attached hydrogen (secondary N) is 1. The Morgan fingerprint density at radius 3 is 2.88 bits per heavy atom. The second-order valence-electron chi connectivity index (χ2n) is 7.40. The predicted octanol–water partition coefficient (Wildman–Crippen LogP) is 5.30. The highest BCUT2D eigenvalue weighted by Crippen LogP contribution is 2.43. The summed E-state index contributed by atoms with van der Waals surface area (Å²) in [5.74, 6) is 1.02. The predicted molar refractivity (Wildman–Crippen MR) is 132 cm³/mol. The van der Waals surface area contributed by atoms with Crippen molar-refractivity contribution in [2.24, 2.45) is 0 Å². The van der Waals surface area contributed by atoms with Gasteiger partial charge in [0.1, 0.15) is 25.6 Å². The molecule has 34 heavy (non-hydrogen) atoms. The number of carbonyl (C=O) groups is 1. The van der Waals surface area contributed by atoms with Gasteiger partial charge in [0.05, 0.1) is 17.2 Å². The Bertz CT molecular complexity index is 1270. The van der Waals surface area contributed by atoms with Crippen molar-refractivity contribution in [1.29, 1.82) is 0 Å². The summed E-state index contributed by atoms with van der Waals surface area (Å²) >= 11 is 9.86. The van der Waals surface area contributed by atoms with Crippen molar-refractivity contribution in [3.05, 3.63) is 87.3 Å². The van der Waals surface area contributed by atoms with E-state index in [1.165, 1.54) is 12.4 Å². The van der Waals surface area contributed by atoms with Crippen LogP contribution in [0.1, 0.15) is 24.1 Å². The van der Waals surface area contributed by atoms with E-state index in [-0.39, 0.29) is 13.2 Å². The quantitative estimate of drug-likeness (QED) is 0.304. The van der Waals surface area contributed by atoms with E-state index in [2.05, 4.69) is 37.9 Å². The number of anilines is 1. The van der Waals surface area contributed by atoms with Gasteiger partial charge in [-0.2, -0.15) is 10.1 Å². The average molecular weight is 546 g/mol. The zero-order valence-electron chi connectivity index (χ0n) is 18.5. The number of hydrogen-bond acceptors (Lipinski definition) is 7. The Kier molecular flexibility index (Phi) is 7.23. The topological polar surface area (TPSA) is 87.5 Å². The first kappa shape index (κ1) is 23.8. The SMILES string of the molecule is C=CCOC(=O)C1=C(C)Nc2ncnn2C1c1cc(Br)c(OCc2ccccc2Cl)c(OC)c1. The highest BCUT2D eigenvalue weighted by Gasteiger charge is 2.35. The molecule has 2 heterocycles. The van der Waals surface area contributed by atoms with E-state index in [0.29, 0.717) is 38.2 Å². The van der Waals surface area contributed by atoms with E-state index in [1.54, 1.807) is 18.7 Å².